The third-order valence-corrected chi connectivity index (χ3v) is 5.04. The van der Waals surface area contributed by atoms with Crippen LogP contribution in [0, 0.1) is 0 Å². The van der Waals surface area contributed by atoms with Crippen LogP contribution >= 0.6 is 0 Å². The van der Waals surface area contributed by atoms with Gasteiger partial charge in [0.15, 0.2) is 5.78 Å². The highest BCUT2D eigenvalue weighted by atomic mass is 19.4. The van der Waals surface area contributed by atoms with Crippen LogP contribution in [-0.4, -0.2) is 18.4 Å². The van der Waals surface area contributed by atoms with Gasteiger partial charge >= 0.3 is 12.1 Å². The Balaban J connectivity index is 1.97. The van der Waals surface area contributed by atoms with Crippen molar-refractivity contribution in [3.63, 3.8) is 0 Å². The van der Waals surface area contributed by atoms with Crippen LogP contribution < -0.4 is 0 Å². The van der Waals surface area contributed by atoms with Gasteiger partial charge in [-0.1, -0.05) is 43.3 Å². The van der Waals surface area contributed by atoms with Crippen molar-refractivity contribution >= 4 is 17.3 Å². The highest BCUT2D eigenvalue weighted by molar-refractivity contribution is 6.26. The highest BCUT2D eigenvalue weighted by Crippen LogP contribution is 2.39. The first kappa shape index (κ1) is 20.8. The number of allylic oxidation sites excluding steroid dienone is 1. The molecule has 1 aliphatic carbocycles. The van der Waals surface area contributed by atoms with Crippen molar-refractivity contribution in [3.05, 3.63) is 76.4 Å². The van der Waals surface area contributed by atoms with Gasteiger partial charge in [-0.2, -0.15) is 13.2 Å². The molecular formula is C23H21F3O3. The van der Waals surface area contributed by atoms with Crippen LogP contribution in [0.1, 0.15) is 48.4 Å². The number of benzene rings is 2. The van der Waals surface area contributed by atoms with Crippen LogP contribution in [0.4, 0.5) is 13.2 Å². The van der Waals surface area contributed by atoms with Crippen molar-refractivity contribution in [1.82, 2.24) is 0 Å². The van der Waals surface area contributed by atoms with E-state index < -0.39 is 23.6 Å². The number of ether oxygens (including phenoxy) is 1. The first-order valence-electron chi connectivity index (χ1n) is 9.41. The molecule has 0 amide bonds. The number of alkyl halides is 3. The number of carbonyl (C=O) groups is 2. The van der Waals surface area contributed by atoms with Gasteiger partial charge in [0.05, 0.1) is 18.1 Å². The summed E-state index contributed by atoms with van der Waals surface area (Å²) in [5.74, 6) is -1.67. The molecule has 0 bridgehead atoms. The molecule has 0 saturated carbocycles. The summed E-state index contributed by atoms with van der Waals surface area (Å²) in [5, 5.41) is 0. The molecular weight excluding hydrogens is 381 g/mol. The number of halogens is 3. The molecule has 0 saturated heterocycles. The van der Waals surface area contributed by atoms with E-state index in [-0.39, 0.29) is 24.4 Å². The van der Waals surface area contributed by atoms with Gasteiger partial charge in [-0.15, -0.1) is 0 Å². The molecule has 0 heterocycles. The van der Waals surface area contributed by atoms with Crippen molar-refractivity contribution in [3.8, 4) is 0 Å². The minimum Gasteiger partial charge on any atom is -0.462 e. The molecule has 3 rings (SSSR count). The fraction of sp³-hybridized carbons (Fsp3) is 0.304. The van der Waals surface area contributed by atoms with E-state index in [1.54, 1.807) is 13.0 Å². The number of hydrogen-bond acceptors (Lipinski definition) is 3. The summed E-state index contributed by atoms with van der Waals surface area (Å²) in [6.45, 7) is 3.79. The van der Waals surface area contributed by atoms with Gasteiger partial charge in [-0.25, -0.2) is 4.79 Å². The smallest absolute Gasteiger partial charge is 0.416 e. The molecule has 3 nitrogen and oxygen atoms in total. The van der Waals surface area contributed by atoms with E-state index in [0.29, 0.717) is 17.6 Å². The van der Waals surface area contributed by atoms with Crippen LogP contribution in [0.2, 0.25) is 0 Å². The Hall–Kier alpha value is -2.89. The van der Waals surface area contributed by atoms with Crippen molar-refractivity contribution in [2.24, 2.45) is 0 Å². The van der Waals surface area contributed by atoms with Gasteiger partial charge < -0.3 is 4.74 Å². The molecule has 29 heavy (non-hydrogen) atoms. The lowest BCUT2D eigenvalue weighted by atomic mass is 9.75. The van der Waals surface area contributed by atoms with E-state index in [4.69, 9.17) is 4.74 Å². The molecule has 1 atom stereocenters. The van der Waals surface area contributed by atoms with E-state index in [0.717, 1.165) is 23.3 Å². The Bertz CT molecular complexity index is 956. The minimum absolute atomic E-state index is 0.0223. The van der Waals surface area contributed by atoms with Gasteiger partial charge in [0, 0.05) is 0 Å². The van der Waals surface area contributed by atoms with E-state index in [1.807, 2.05) is 25.1 Å². The second-order valence-electron chi connectivity index (χ2n) is 7.04. The monoisotopic (exact) mass is 402 g/mol. The average molecular weight is 402 g/mol. The fourth-order valence-electron chi connectivity index (χ4n) is 3.57. The Kier molecular flexibility index (Phi) is 5.91. The fourth-order valence-corrected chi connectivity index (χ4v) is 3.57. The van der Waals surface area contributed by atoms with Gasteiger partial charge in [0.2, 0.25) is 0 Å². The zero-order chi connectivity index (χ0) is 21.2. The zero-order valence-electron chi connectivity index (χ0n) is 16.2. The van der Waals surface area contributed by atoms with Crippen LogP contribution in [0.15, 0.2) is 54.1 Å². The van der Waals surface area contributed by atoms with Gasteiger partial charge in [0.1, 0.15) is 5.57 Å². The molecule has 2 aromatic carbocycles. The summed E-state index contributed by atoms with van der Waals surface area (Å²) in [6.07, 6.45) is -3.58. The molecule has 152 valence electrons. The SMILES string of the molecule is CCCOC(=O)C1=C(C)c2ccccc2C(Cc2ccc(C(F)(F)F)cc2)C1=O. The largest absolute Gasteiger partial charge is 0.462 e. The Morgan fingerprint density at radius 1 is 1.07 bits per heavy atom. The van der Waals surface area contributed by atoms with Gasteiger partial charge in [0.25, 0.3) is 0 Å². The maximum absolute atomic E-state index is 13.2. The number of Topliss-reactive ketones (excluding diaryl/α,β-unsaturated/α-hetero) is 1. The van der Waals surface area contributed by atoms with Gasteiger partial charge in [-0.3, -0.25) is 4.79 Å². The van der Waals surface area contributed by atoms with Crippen molar-refractivity contribution < 1.29 is 27.5 Å². The maximum Gasteiger partial charge on any atom is 0.416 e. The molecule has 0 aromatic heterocycles. The molecule has 6 heteroatoms. The molecule has 0 N–H and O–H groups in total. The summed E-state index contributed by atoms with van der Waals surface area (Å²) in [7, 11) is 0. The number of carbonyl (C=O) groups excluding carboxylic acids is 2. The molecule has 2 aromatic rings. The molecule has 0 spiro atoms. The summed E-state index contributed by atoms with van der Waals surface area (Å²) >= 11 is 0. The normalized spacial score (nSPS) is 16.6. The lowest BCUT2D eigenvalue weighted by Crippen LogP contribution is -2.28. The molecule has 0 aliphatic heterocycles. The highest BCUT2D eigenvalue weighted by Gasteiger charge is 2.37. The molecule has 0 radical (unpaired) electrons. The predicted octanol–water partition coefficient (Wildman–Crippen LogP) is 5.34. The lowest BCUT2D eigenvalue weighted by molar-refractivity contribution is -0.141. The Morgan fingerprint density at radius 2 is 1.72 bits per heavy atom. The topological polar surface area (TPSA) is 43.4 Å². The summed E-state index contributed by atoms with van der Waals surface area (Å²) < 4.78 is 43.6. The Labute approximate surface area is 167 Å². The van der Waals surface area contributed by atoms with Crippen molar-refractivity contribution in [2.75, 3.05) is 6.61 Å². The number of fused-ring (bicyclic) bond motifs is 1. The predicted molar refractivity (Wildman–Crippen MR) is 103 cm³/mol. The third kappa shape index (κ3) is 4.26. The quantitative estimate of drug-likeness (QED) is 0.501. The zero-order valence-corrected chi connectivity index (χ0v) is 16.2. The standard InChI is InChI=1S/C23H21F3O3/c1-3-12-29-22(28)20-14(2)17-6-4-5-7-18(17)19(21(20)27)13-15-8-10-16(11-9-15)23(24,25)26/h4-11,19H,3,12-13H2,1-2H3. The van der Waals surface area contributed by atoms with Crippen LogP contribution in [-0.2, 0) is 26.9 Å². The third-order valence-electron chi connectivity index (χ3n) is 5.04. The summed E-state index contributed by atoms with van der Waals surface area (Å²) in [4.78, 5) is 25.7. The summed E-state index contributed by atoms with van der Waals surface area (Å²) in [6, 6.07) is 12.0. The van der Waals surface area contributed by atoms with Crippen molar-refractivity contribution in [1.29, 1.82) is 0 Å². The summed E-state index contributed by atoms with van der Waals surface area (Å²) in [5.41, 5.74) is 1.99. The molecule has 1 aliphatic rings. The van der Waals surface area contributed by atoms with E-state index in [9.17, 15) is 22.8 Å². The molecule has 0 fully saturated rings. The van der Waals surface area contributed by atoms with Gasteiger partial charge in [-0.05, 0) is 54.2 Å². The number of rotatable bonds is 5. The lowest BCUT2D eigenvalue weighted by Gasteiger charge is -2.27. The second-order valence-corrected chi connectivity index (χ2v) is 7.04. The second kappa shape index (κ2) is 8.23. The van der Waals surface area contributed by atoms with E-state index in [1.165, 1.54) is 12.1 Å². The first-order valence-corrected chi connectivity index (χ1v) is 9.41. The number of ketones is 1. The van der Waals surface area contributed by atoms with Crippen LogP contribution in [0.5, 0.6) is 0 Å². The van der Waals surface area contributed by atoms with E-state index in [2.05, 4.69) is 0 Å². The minimum atomic E-state index is -4.41. The first-order chi connectivity index (χ1) is 13.7. The molecule has 1 unspecified atom stereocenters. The van der Waals surface area contributed by atoms with E-state index >= 15 is 0 Å². The average Bonchev–Trinajstić information content (AvgIpc) is 2.69. The maximum atomic E-state index is 13.2. The number of esters is 1. The van der Waals surface area contributed by atoms with Crippen LogP contribution in [0.25, 0.3) is 5.57 Å². The van der Waals surface area contributed by atoms with Crippen LogP contribution in [0.3, 0.4) is 0 Å². The Morgan fingerprint density at radius 3 is 2.34 bits per heavy atom. The number of hydrogen-bond donors (Lipinski definition) is 0. The van der Waals surface area contributed by atoms with Crippen molar-refractivity contribution in [2.45, 2.75) is 38.8 Å².